The molecule has 0 aliphatic carbocycles. The predicted molar refractivity (Wildman–Crippen MR) is 113 cm³/mol. The number of hydrogen-bond donors (Lipinski definition) is 2. The normalized spacial score (nSPS) is 24.2. The van der Waals surface area contributed by atoms with Crippen LogP contribution in [0, 0.1) is 11.8 Å². The van der Waals surface area contributed by atoms with Crippen molar-refractivity contribution in [1.29, 1.82) is 0 Å². The first kappa shape index (κ1) is 21.5. The Kier molecular flexibility index (Phi) is 9.76. The lowest BCUT2D eigenvalue weighted by Crippen LogP contribution is -2.50. The second kappa shape index (κ2) is 11.8. The maximum atomic E-state index is 4.47. The molecular formula is C21H43N5. The van der Waals surface area contributed by atoms with Crippen LogP contribution in [0.25, 0.3) is 0 Å². The van der Waals surface area contributed by atoms with Crippen LogP contribution in [0.1, 0.15) is 59.3 Å². The molecule has 0 aromatic rings. The molecule has 2 aliphatic rings. The number of nitrogens with one attached hydrogen (secondary N) is 2. The Morgan fingerprint density at radius 3 is 2.54 bits per heavy atom. The van der Waals surface area contributed by atoms with E-state index in [1.54, 1.807) is 0 Å². The van der Waals surface area contributed by atoms with Crippen molar-refractivity contribution in [3.05, 3.63) is 0 Å². The molecule has 0 saturated carbocycles. The van der Waals surface area contributed by atoms with Crippen LogP contribution >= 0.6 is 0 Å². The van der Waals surface area contributed by atoms with Crippen LogP contribution in [0.3, 0.4) is 0 Å². The zero-order chi connectivity index (χ0) is 18.8. The van der Waals surface area contributed by atoms with Crippen molar-refractivity contribution in [3.63, 3.8) is 0 Å². The monoisotopic (exact) mass is 365 g/mol. The van der Waals surface area contributed by atoms with Gasteiger partial charge in [-0.05, 0) is 57.0 Å². The number of unbranched alkanes of at least 4 members (excludes halogenated alkanes) is 1. The SMILES string of the molecule is CCCCN1CCC(NC(=NC)NCC2CCCN(CC(C)C)C2)CC1. The second-order valence-electron chi connectivity index (χ2n) is 8.73. The highest BCUT2D eigenvalue weighted by Crippen LogP contribution is 2.17. The van der Waals surface area contributed by atoms with Gasteiger partial charge in [0.25, 0.3) is 0 Å². The summed E-state index contributed by atoms with van der Waals surface area (Å²) in [6.07, 6.45) is 7.77. The van der Waals surface area contributed by atoms with Crippen molar-refractivity contribution in [2.75, 3.05) is 52.9 Å². The lowest BCUT2D eigenvalue weighted by Gasteiger charge is -2.35. The van der Waals surface area contributed by atoms with Gasteiger partial charge >= 0.3 is 0 Å². The minimum Gasteiger partial charge on any atom is -0.356 e. The van der Waals surface area contributed by atoms with Gasteiger partial charge in [-0.15, -0.1) is 0 Å². The van der Waals surface area contributed by atoms with Crippen LogP contribution < -0.4 is 10.6 Å². The van der Waals surface area contributed by atoms with Gasteiger partial charge in [0, 0.05) is 45.8 Å². The molecule has 2 rings (SSSR count). The molecule has 2 aliphatic heterocycles. The highest BCUT2D eigenvalue weighted by atomic mass is 15.2. The lowest BCUT2D eigenvalue weighted by molar-refractivity contribution is 0.159. The van der Waals surface area contributed by atoms with Gasteiger partial charge in [-0.25, -0.2) is 0 Å². The van der Waals surface area contributed by atoms with E-state index < -0.39 is 0 Å². The summed E-state index contributed by atoms with van der Waals surface area (Å²) in [6, 6.07) is 0.572. The minimum atomic E-state index is 0.572. The van der Waals surface area contributed by atoms with E-state index in [9.17, 15) is 0 Å². The Morgan fingerprint density at radius 1 is 1.12 bits per heavy atom. The molecule has 0 spiro atoms. The number of piperidine rings is 2. The molecule has 0 bridgehead atoms. The Balaban J connectivity index is 1.66. The fourth-order valence-electron chi connectivity index (χ4n) is 4.31. The molecule has 0 aromatic carbocycles. The smallest absolute Gasteiger partial charge is 0.191 e. The molecule has 1 atom stereocenters. The Labute approximate surface area is 162 Å². The van der Waals surface area contributed by atoms with Gasteiger partial charge < -0.3 is 20.4 Å². The number of likely N-dealkylation sites (tertiary alicyclic amines) is 2. The Hall–Kier alpha value is -0.810. The zero-order valence-corrected chi connectivity index (χ0v) is 17.8. The average Bonchev–Trinajstić information content (AvgIpc) is 2.64. The van der Waals surface area contributed by atoms with E-state index in [1.165, 1.54) is 77.8 Å². The van der Waals surface area contributed by atoms with Gasteiger partial charge in [0.05, 0.1) is 0 Å². The number of rotatable bonds is 8. The van der Waals surface area contributed by atoms with E-state index in [0.29, 0.717) is 6.04 Å². The van der Waals surface area contributed by atoms with Crippen molar-refractivity contribution in [2.45, 2.75) is 65.3 Å². The van der Waals surface area contributed by atoms with E-state index >= 15 is 0 Å². The second-order valence-corrected chi connectivity index (χ2v) is 8.73. The summed E-state index contributed by atoms with van der Waals surface area (Å²) in [4.78, 5) is 9.73. The summed E-state index contributed by atoms with van der Waals surface area (Å²) in [5.74, 6) is 2.51. The van der Waals surface area contributed by atoms with Gasteiger partial charge in [0.1, 0.15) is 0 Å². The Bertz CT molecular complexity index is 401. The minimum absolute atomic E-state index is 0.572. The van der Waals surface area contributed by atoms with Crippen molar-refractivity contribution in [3.8, 4) is 0 Å². The quantitative estimate of drug-likeness (QED) is 0.513. The largest absolute Gasteiger partial charge is 0.356 e. The summed E-state index contributed by atoms with van der Waals surface area (Å²) in [7, 11) is 1.90. The summed E-state index contributed by atoms with van der Waals surface area (Å²) in [5, 5.41) is 7.27. The van der Waals surface area contributed by atoms with E-state index in [4.69, 9.17) is 0 Å². The lowest BCUT2D eigenvalue weighted by atomic mass is 9.97. The molecule has 2 fully saturated rings. The van der Waals surface area contributed by atoms with Gasteiger partial charge in [-0.1, -0.05) is 27.2 Å². The number of nitrogens with zero attached hydrogens (tertiary/aromatic N) is 3. The van der Waals surface area contributed by atoms with Gasteiger partial charge in [-0.3, -0.25) is 4.99 Å². The van der Waals surface area contributed by atoms with Crippen molar-refractivity contribution in [2.24, 2.45) is 16.8 Å². The van der Waals surface area contributed by atoms with Gasteiger partial charge in [0.2, 0.25) is 0 Å². The number of guanidine groups is 1. The standard InChI is InChI=1S/C21H43N5/c1-5-6-11-25-13-9-20(10-14-25)24-21(22-4)23-15-19-8-7-12-26(17-19)16-18(2)3/h18-20H,5-17H2,1-4H3,(H2,22,23,24). The van der Waals surface area contributed by atoms with E-state index in [-0.39, 0.29) is 0 Å². The maximum absolute atomic E-state index is 4.47. The van der Waals surface area contributed by atoms with Crippen LogP contribution in [0.15, 0.2) is 4.99 Å². The van der Waals surface area contributed by atoms with Crippen LogP contribution in [-0.2, 0) is 0 Å². The summed E-state index contributed by atoms with van der Waals surface area (Å²) >= 11 is 0. The number of hydrogen-bond acceptors (Lipinski definition) is 3. The molecule has 26 heavy (non-hydrogen) atoms. The summed E-state index contributed by atoms with van der Waals surface area (Å²) in [6.45, 7) is 15.4. The van der Waals surface area contributed by atoms with Crippen molar-refractivity contribution < 1.29 is 0 Å². The molecule has 2 saturated heterocycles. The molecule has 5 heteroatoms. The van der Waals surface area contributed by atoms with E-state index in [0.717, 1.165) is 24.3 Å². The molecule has 0 aromatic heterocycles. The average molecular weight is 366 g/mol. The highest BCUT2D eigenvalue weighted by Gasteiger charge is 2.22. The number of aliphatic imine (C=N–C) groups is 1. The first-order valence-corrected chi connectivity index (χ1v) is 11.0. The van der Waals surface area contributed by atoms with Gasteiger partial charge in [0.15, 0.2) is 5.96 Å². The summed E-state index contributed by atoms with van der Waals surface area (Å²) in [5.41, 5.74) is 0. The van der Waals surface area contributed by atoms with E-state index in [2.05, 4.69) is 46.2 Å². The Morgan fingerprint density at radius 2 is 1.88 bits per heavy atom. The molecule has 2 heterocycles. The maximum Gasteiger partial charge on any atom is 0.191 e. The van der Waals surface area contributed by atoms with Crippen LogP contribution in [0.5, 0.6) is 0 Å². The molecule has 0 amide bonds. The molecule has 0 radical (unpaired) electrons. The van der Waals surface area contributed by atoms with Crippen molar-refractivity contribution in [1.82, 2.24) is 20.4 Å². The molecule has 5 nitrogen and oxygen atoms in total. The van der Waals surface area contributed by atoms with Crippen LogP contribution in [-0.4, -0.2) is 74.7 Å². The fraction of sp³-hybridized carbons (Fsp3) is 0.952. The van der Waals surface area contributed by atoms with Gasteiger partial charge in [-0.2, -0.15) is 0 Å². The third-order valence-electron chi connectivity index (χ3n) is 5.76. The zero-order valence-electron chi connectivity index (χ0n) is 17.8. The van der Waals surface area contributed by atoms with E-state index in [1.807, 2.05) is 7.05 Å². The third-order valence-corrected chi connectivity index (χ3v) is 5.76. The van der Waals surface area contributed by atoms with Crippen molar-refractivity contribution >= 4 is 5.96 Å². The third kappa shape index (κ3) is 7.83. The first-order chi connectivity index (χ1) is 12.6. The van der Waals surface area contributed by atoms with Crippen LogP contribution in [0.4, 0.5) is 0 Å². The molecule has 152 valence electrons. The molecule has 1 unspecified atom stereocenters. The molecule has 2 N–H and O–H groups in total. The fourth-order valence-corrected chi connectivity index (χ4v) is 4.31. The molecular weight excluding hydrogens is 322 g/mol. The predicted octanol–water partition coefficient (Wildman–Crippen LogP) is 2.78. The highest BCUT2D eigenvalue weighted by molar-refractivity contribution is 5.79. The summed E-state index contributed by atoms with van der Waals surface area (Å²) < 4.78 is 0. The topological polar surface area (TPSA) is 42.9 Å². The van der Waals surface area contributed by atoms with Crippen LogP contribution in [0.2, 0.25) is 0 Å². The first-order valence-electron chi connectivity index (χ1n) is 11.0.